The van der Waals surface area contributed by atoms with Gasteiger partial charge in [-0.1, -0.05) is 60.5 Å². The molecule has 0 N–H and O–H groups in total. The minimum atomic E-state index is -1.31. The maximum Gasteiger partial charge on any atom is 0.189 e. The normalized spacial score (nSPS) is 18.4. The fourth-order valence-corrected chi connectivity index (χ4v) is 3.91. The summed E-state index contributed by atoms with van der Waals surface area (Å²) in [5.41, 5.74) is 0.618. The Kier molecular flexibility index (Phi) is 5.38. The van der Waals surface area contributed by atoms with E-state index in [2.05, 4.69) is 16.7 Å². The van der Waals surface area contributed by atoms with Gasteiger partial charge in [-0.2, -0.15) is 0 Å². The highest BCUT2D eigenvalue weighted by Gasteiger charge is 2.51. The molecule has 2 aromatic carbocycles. The lowest BCUT2D eigenvalue weighted by Gasteiger charge is -2.25. The van der Waals surface area contributed by atoms with E-state index in [-0.39, 0.29) is 11.6 Å². The number of morpholine rings is 1. The first-order chi connectivity index (χ1) is 13.7. The first-order valence-corrected chi connectivity index (χ1v) is 9.73. The summed E-state index contributed by atoms with van der Waals surface area (Å²) in [6.45, 7) is 4.13. The molecule has 0 amide bonds. The SMILES string of the molecule is O=C1c2ccccc2C(=O)C1(C#CCCN1CCOCC1)Cc1ccccc1. The summed E-state index contributed by atoms with van der Waals surface area (Å²) >= 11 is 0. The van der Waals surface area contributed by atoms with Gasteiger partial charge in [0.15, 0.2) is 17.0 Å². The molecular formula is C24H23NO3. The molecule has 1 saturated heterocycles. The van der Waals surface area contributed by atoms with Crippen molar-refractivity contribution in [1.82, 2.24) is 4.90 Å². The molecule has 0 unspecified atom stereocenters. The third-order valence-corrected chi connectivity index (χ3v) is 5.46. The largest absolute Gasteiger partial charge is 0.379 e. The highest BCUT2D eigenvalue weighted by Crippen LogP contribution is 2.39. The Morgan fingerprint density at radius 2 is 1.50 bits per heavy atom. The Morgan fingerprint density at radius 1 is 0.893 bits per heavy atom. The van der Waals surface area contributed by atoms with Crippen LogP contribution in [0.1, 0.15) is 32.7 Å². The fraction of sp³-hybridized carbons (Fsp3) is 0.333. The van der Waals surface area contributed by atoms with Crippen molar-refractivity contribution in [1.29, 1.82) is 0 Å². The summed E-state index contributed by atoms with van der Waals surface area (Å²) in [4.78, 5) is 28.9. The van der Waals surface area contributed by atoms with Gasteiger partial charge in [0.1, 0.15) is 0 Å². The van der Waals surface area contributed by atoms with E-state index in [0.29, 0.717) is 24.0 Å². The van der Waals surface area contributed by atoms with Crippen molar-refractivity contribution >= 4 is 11.6 Å². The molecule has 0 bridgehead atoms. The summed E-state index contributed by atoms with van der Waals surface area (Å²) in [5, 5.41) is 0. The van der Waals surface area contributed by atoms with Crippen molar-refractivity contribution in [3.05, 3.63) is 71.3 Å². The first kappa shape index (κ1) is 18.6. The molecule has 142 valence electrons. The van der Waals surface area contributed by atoms with Crippen LogP contribution in [0.25, 0.3) is 0 Å². The van der Waals surface area contributed by atoms with E-state index >= 15 is 0 Å². The van der Waals surface area contributed by atoms with Gasteiger partial charge >= 0.3 is 0 Å². The zero-order valence-electron chi connectivity index (χ0n) is 15.8. The number of benzene rings is 2. The van der Waals surface area contributed by atoms with Crippen molar-refractivity contribution < 1.29 is 14.3 Å². The molecule has 1 heterocycles. The van der Waals surface area contributed by atoms with Crippen LogP contribution >= 0.6 is 0 Å². The lowest BCUT2D eigenvalue weighted by molar-refractivity contribution is 0.0390. The molecular weight excluding hydrogens is 350 g/mol. The molecule has 1 fully saturated rings. The van der Waals surface area contributed by atoms with E-state index in [0.717, 1.165) is 38.4 Å². The van der Waals surface area contributed by atoms with Gasteiger partial charge in [0.2, 0.25) is 0 Å². The molecule has 4 heteroatoms. The zero-order chi connectivity index (χ0) is 19.4. The van der Waals surface area contributed by atoms with Crippen LogP contribution in [0, 0.1) is 17.3 Å². The summed E-state index contributed by atoms with van der Waals surface area (Å²) in [6, 6.07) is 16.7. The Balaban J connectivity index is 1.61. The molecule has 2 aromatic rings. The van der Waals surface area contributed by atoms with Crippen LogP contribution in [-0.2, 0) is 11.2 Å². The van der Waals surface area contributed by atoms with Gasteiger partial charge < -0.3 is 4.74 Å². The molecule has 2 aliphatic rings. The molecule has 0 atom stereocenters. The van der Waals surface area contributed by atoms with Crippen LogP contribution in [0.3, 0.4) is 0 Å². The van der Waals surface area contributed by atoms with Crippen LogP contribution in [0.15, 0.2) is 54.6 Å². The second kappa shape index (κ2) is 8.10. The van der Waals surface area contributed by atoms with Gasteiger partial charge in [-0.25, -0.2) is 0 Å². The number of ketones is 2. The average Bonchev–Trinajstić information content (AvgIpc) is 2.95. The van der Waals surface area contributed by atoms with E-state index in [9.17, 15) is 9.59 Å². The predicted molar refractivity (Wildman–Crippen MR) is 107 cm³/mol. The third-order valence-electron chi connectivity index (χ3n) is 5.46. The van der Waals surface area contributed by atoms with Crippen LogP contribution in [0.5, 0.6) is 0 Å². The first-order valence-electron chi connectivity index (χ1n) is 9.73. The Morgan fingerprint density at radius 3 is 2.14 bits per heavy atom. The second-order valence-corrected chi connectivity index (χ2v) is 7.28. The summed E-state index contributed by atoms with van der Waals surface area (Å²) in [5.74, 6) is 5.94. The third kappa shape index (κ3) is 3.52. The summed E-state index contributed by atoms with van der Waals surface area (Å²) < 4.78 is 5.37. The van der Waals surface area contributed by atoms with Crippen LogP contribution in [0.2, 0.25) is 0 Å². The van der Waals surface area contributed by atoms with Gasteiger partial charge in [0.05, 0.1) is 13.2 Å². The quantitative estimate of drug-likeness (QED) is 0.611. The van der Waals surface area contributed by atoms with Gasteiger partial charge in [-0.05, 0) is 5.56 Å². The smallest absolute Gasteiger partial charge is 0.189 e. The van der Waals surface area contributed by atoms with Crippen LogP contribution in [0.4, 0.5) is 0 Å². The predicted octanol–water partition coefficient (Wildman–Crippen LogP) is 3.02. The van der Waals surface area contributed by atoms with Gasteiger partial charge in [-0.3, -0.25) is 14.5 Å². The molecule has 0 saturated carbocycles. The second-order valence-electron chi connectivity index (χ2n) is 7.28. The average molecular weight is 373 g/mol. The van der Waals surface area contributed by atoms with Crippen LogP contribution < -0.4 is 0 Å². The molecule has 4 nitrogen and oxygen atoms in total. The highest BCUT2D eigenvalue weighted by atomic mass is 16.5. The molecule has 28 heavy (non-hydrogen) atoms. The zero-order valence-corrected chi connectivity index (χ0v) is 15.8. The minimum absolute atomic E-state index is 0.171. The molecule has 0 radical (unpaired) electrons. The van der Waals surface area contributed by atoms with E-state index in [4.69, 9.17) is 4.74 Å². The Labute approximate surface area is 165 Å². The molecule has 1 aliphatic carbocycles. The van der Waals surface area contributed by atoms with Crippen molar-refractivity contribution in [2.75, 3.05) is 32.8 Å². The van der Waals surface area contributed by atoms with E-state index in [1.54, 1.807) is 24.3 Å². The number of carbonyl (C=O) groups excluding carboxylic acids is 2. The minimum Gasteiger partial charge on any atom is -0.379 e. The summed E-state index contributed by atoms with van der Waals surface area (Å²) in [6.07, 6.45) is 0.943. The van der Waals surface area contributed by atoms with E-state index in [1.165, 1.54) is 0 Å². The monoisotopic (exact) mass is 373 g/mol. The lowest BCUT2D eigenvalue weighted by Crippen LogP contribution is -2.37. The Bertz CT molecular complexity index is 898. The molecule has 0 spiro atoms. The highest BCUT2D eigenvalue weighted by molar-refractivity contribution is 6.31. The van der Waals surface area contributed by atoms with Crippen molar-refractivity contribution in [2.24, 2.45) is 5.41 Å². The number of rotatable bonds is 4. The number of fused-ring (bicyclic) bond motifs is 1. The van der Waals surface area contributed by atoms with Crippen molar-refractivity contribution in [3.8, 4) is 11.8 Å². The van der Waals surface area contributed by atoms with Gasteiger partial charge in [-0.15, -0.1) is 5.92 Å². The number of hydrogen-bond acceptors (Lipinski definition) is 4. The van der Waals surface area contributed by atoms with E-state index in [1.807, 2.05) is 30.3 Å². The number of hydrogen-bond donors (Lipinski definition) is 0. The number of Topliss-reactive ketones (excluding diaryl/α,β-unsaturated/α-hetero) is 2. The molecule has 0 aromatic heterocycles. The standard InChI is InChI=1S/C24H23NO3/c26-22-20-10-4-5-11-21(20)23(27)24(22,18-19-8-2-1-3-9-19)12-6-7-13-25-14-16-28-17-15-25/h1-5,8-11H,7,13-18H2. The molecule has 1 aliphatic heterocycles. The fourth-order valence-electron chi connectivity index (χ4n) is 3.91. The Hall–Kier alpha value is -2.74. The number of nitrogens with zero attached hydrogens (tertiary/aromatic N) is 1. The van der Waals surface area contributed by atoms with Gasteiger partial charge in [0, 0.05) is 43.6 Å². The topological polar surface area (TPSA) is 46.6 Å². The number of ether oxygens (including phenoxy) is 1. The maximum absolute atomic E-state index is 13.3. The van der Waals surface area contributed by atoms with E-state index < -0.39 is 5.41 Å². The summed E-state index contributed by atoms with van der Waals surface area (Å²) in [7, 11) is 0. The van der Waals surface area contributed by atoms with Crippen LogP contribution in [-0.4, -0.2) is 49.3 Å². The molecule has 4 rings (SSSR count). The maximum atomic E-state index is 13.3. The van der Waals surface area contributed by atoms with Gasteiger partial charge in [0.25, 0.3) is 0 Å². The lowest BCUT2D eigenvalue weighted by atomic mass is 9.77. The van der Waals surface area contributed by atoms with Crippen molar-refractivity contribution in [3.63, 3.8) is 0 Å². The number of carbonyl (C=O) groups is 2. The van der Waals surface area contributed by atoms with Crippen molar-refractivity contribution in [2.45, 2.75) is 12.8 Å².